The minimum absolute atomic E-state index is 0.0278. The Balaban J connectivity index is 1.70. The Labute approximate surface area is 169 Å². The van der Waals surface area contributed by atoms with Crippen LogP contribution in [-0.4, -0.2) is 24.3 Å². The van der Waals surface area contributed by atoms with E-state index in [0.717, 1.165) is 5.56 Å². The molecule has 0 aliphatic rings. The summed E-state index contributed by atoms with van der Waals surface area (Å²) in [5.74, 6) is -0.305. The zero-order valence-corrected chi connectivity index (χ0v) is 17.1. The van der Waals surface area contributed by atoms with Gasteiger partial charge in [-0.1, -0.05) is 32.9 Å². The highest BCUT2D eigenvalue weighted by Crippen LogP contribution is 2.23. The molecule has 0 radical (unpaired) electrons. The first-order valence-electron chi connectivity index (χ1n) is 8.88. The SMILES string of the molecule is CC(C)(C)c1ccc(S(=O)(=O)NC(=O)c2ccc(Oc3ncccn3)cc2)cc1. The first kappa shape index (κ1) is 20.5. The summed E-state index contributed by atoms with van der Waals surface area (Å²) in [5, 5.41) is 0. The van der Waals surface area contributed by atoms with Crippen molar-refractivity contribution >= 4 is 15.9 Å². The van der Waals surface area contributed by atoms with Gasteiger partial charge >= 0.3 is 6.01 Å². The molecule has 0 spiro atoms. The molecule has 29 heavy (non-hydrogen) atoms. The number of amides is 1. The molecule has 0 bridgehead atoms. The van der Waals surface area contributed by atoms with Gasteiger partial charge in [0.25, 0.3) is 15.9 Å². The third-order valence-corrected chi connectivity index (χ3v) is 5.47. The second-order valence-electron chi connectivity index (χ2n) is 7.37. The highest BCUT2D eigenvalue weighted by molar-refractivity contribution is 7.90. The van der Waals surface area contributed by atoms with Crippen LogP contribution >= 0.6 is 0 Å². The summed E-state index contributed by atoms with van der Waals surface area (Å²) in [6.07, 6.45) is 3.09. The molecule has 1 aromatic heterocycles. The van der Waals surface area contributed by atoms with Gasteiger partial charge in [0.05, 0.1) is 4.90 Å². The molecule has 0 saturated heterocycles. The maximum absolute atomic E-state index is 12.5. The standard InChI is InChI=1S/C21H21N3O4S/c1-21(2,3)16-7-11-18(12-8-16)29(26,27)24-19(25)15-5-9-17(10-6-15)28-20-22-13-4-14-23-20/h4-14H,1-3H3,(H,24,25). The van der Waals surface area contributed by atoms with Gasteiger partial charge in [0.1, 0.15) is 5.75 Å². The second kappa shape index (κ2) is 8.00. The van der Waals surface area contributed by atoms with Crippen molar-refractivity contribution in [3.63, 3.8) is 0 Å². The Morgan fingerprint density at radius 3 is 2.07 bits per heavy atom. The van der Waals surface area contributed by atoms with Crippen LogP contribution in [0.1, 0.15) is 36.7 Å². The summed E-state index contributed by atoms with van der Waals surface area (Å²) >= 11 is 0. The maximum atomic E-state index is 12.5. The Hall–Kier alpha value is -3.26. The van der Waals surface area contributed by atoms with E-state index in [9.17, 15) is 13.2 Å². The molecule has 150 valence electrons. The van der Waals surface area contributed by atoms with Crippen molar-refractivity contribution in [1.82, 2.24) is 14.7 Å². The van der Waals surface area contributed by atoms with E-state index in [-0.39, 0.29) is 21.9 Å². The minimum Gasteiger partial charge on any atom is -0.424 e. The third kappa shape index (κ3) is 5.17. The van der Waals surface area contributed by atoms with Crippen molar-refractivity contribution in [2.75, 3.05) is 0 Å². The molecule has 1 amide bonds. The molecular formula is C21H21N3O4S. The molecule has 3 rings (SSSR count). The highest BCUT2D eigenvalue weighted by atomic mass is 32.2. The molecule has 8 heteroatoms. The van der Waals surface area contributed by atoms with Crippen LogP contribution in [0.4, 0.5) is 0 Å². The van der Waals surface area contributed by atoms with E-state index < -0.39 is 15.9 Å². The van der Waals surface area contributed by atoms with Crippen LogP contribution in [0, 0.1) is 0 Å². The van der Waals surface area contributed by atoms with Gasteiger partial charge in [0.15, 0.2) is 0 Å². The van der Waals surface area contributed by atoms with E-state index in [4.69, 9.17) is 4.74 Å². The smallest absolute Gasteiger partial charge is 0.321 e. The van der Waals surface area contributed by atoms with Gasteiger partial charge in [-0.2, -0.15) is 0 Å². The van der Waals surface area contributed by atoms with Crippen LogP contribution in [0.2, 0.25) is 0 Å². The van der Waals surface area contributed by atoms with E-state index in [1.54, 1.807) is 30.6 Å². The largest absolute Gasteiger partial charge is 0.424 e. The number of carbonyl (C=O) groups excluding carboxylic acids is 1. The van der Waals surface area contributed by atoms with Crippen LogP contribution in [0.25, 0.3) is 0 Å². The molecule has 0 unspecified atom stereocenters. The number of carbonyl (C=O) groups is 1. The van der Waals surface area contributed by atoms with Gasteiger partial charge < -0.3 is 4.74 Å². The third-order valence-electron chi connectivity index (χ3n) is 4.13. The minimum atomic E-state index is -3.98. The van der Waals surface area contributed by atoms with E-state index in [1.165, 1.54) is 36.4 Å². The molecule has 0 atom stereocenters. The lowest BCUT2D eigenvalue weighted by Gasteiger charge is -2.19. The molecule has 1 heterocycles. The lowest BCUT2D eigenvalue weighted by molar-refractivity contribution is 0.0981. The van der Waals surface area contributed by atoms with E-state index in [1.807, 2.05) is 20.8 Å². The van der Waals surface area contributed by atoms with Gasteiger partial charge in [-0.25, -0.2) is 23.1 Å². The van der Waals surface area contributed by atoms with Gasteiger partial charge in [0.2, 0.25) is 0 Å². The molecule has 7 nitrogen and oxygen atoms in total. The summed E-state index contributed by atoms with van der Waals surface area (Å²) in [6.45, 7) is 6.11. The fourth-order valence-electron chi connectivity index (χ4n) is 2.49. The zero-order chi connectivity index (χ0) is 21.1. The fraction of sp³-hybridized carbons (Fsp3) is 0.190. The number of aromatic nitrogens is 2. The summed E-state index contributed by atoms with van der Waals surface area (Å²) < 4.78 is 32.6. The molecule has 0 saturated carbocycles. The molecular weight excluding hydrogens is 390 g/mol. The number of nitrogens with one attached hydrogen (secondary N) is 1. The average Bonchev–Trinajstić information content (AvgIpc) is 2.68. The molecule has 1 N–H and O–H groups in total. The Kier molecular flexibility index (Phi) is 5.65. The van der Waals surface area contributed by atoms with E-state index >= 15 is 0 Å². The fourth-order valence-corrected chi connectivity index (χ4v) is 3.47. The van der Waals surface area contributed by atoms with Crippen molar-refractivity contribution in [3.05, 3.63) is 78.1 Å². The van der Waals surface area contributed by atoms with Crippen LogP contribution in [0.5, 0.6) is 11.8 Å². The summed E-state index contributed by atoms with van der Waals surface area (Å²) in [4.78, 5) is 20.3. The number of hydrogen-bond acceptors (Lipinski definition) is 6. The van der Waals surface area contributed by atoms with Crippen LogP contribution in [-0.2, 0) is 15.4 Å². The van der Waals surface area contributed by atoms with Crippen molar-refractivity contribution < 1.29 is 17.9 Å². The predicted octanol–water partition coefficient (Wildman–Crippen LogP) is 3.69. The number of hydrogen-bond donors (Lipinski definition) is 1. The van der Waals surface area contributed by atoms with Crippen LogP contribution in [0.3, 0.4) is 0 Å². The Morgan fingerprint density at radius 1 is 0.931 bits per heavy atom. The topological polar surface area (TPSA) is 98.2 Å². The summed E-state index contributed by atoms with van der Waals surface area (Å²) in [5.41, 5.74) is 1.09. The molecule has 0 aliphatic heterocycles. The van der Waals surface area contributed by atoms with Gasteiger partial charge in [-0.05, 0) is 53.4 Å². The number of rotatable bonds is 5. The predicted molar refractivity (Wildman–Crippen MR) is 108 cm³/mol. The van der Waals surface area contributed by atoms with Crippen molar-refractivity contribution in [2.45, 2.75) is 31.1 Å². The quantitative estimate of drug-likeness (QED) is 0.688. The number of benzene rings is 2. The van der Waals surface area contributed by atoms with Gasteiger partial charge in [0, 0.05) is 18.0 Å². The average molecular weight is 411 g/mol. The maximum Gasteiger partial charge on any atom is 0.321 e. The number of sulfonamides is 1. The van der Waals surface area contributed by atoms with E-state index in [2.05, 4.69) is 14.7 Å². The van der Waals surface area contributed by atoms with Gasteiger partial charge in [-0.3, -0.25) is 4.79 Å². The Morgan fingerprint density at radius 2 is 1.52 bits per heavy atom. The monoisotopic (exact) mass is 411 g/mol. The van der Waals surface area contributed by atoms with Crippen molar-refractivity contribution in [2.24, 2.45) is 0 Å². The molecule has 3 aromatic rings. The number of nitrogens with zero attached hydrogens (tertiary/aromatic N) is 2. The second-order valence-corrected chi connectivity index (χ2v) is 9.05. The summed E-state index contributed by atoms with van der Waals surface area (Å²) in [7, 11) is -3.98. The van der Waals surface area contributed by atoms with Gasteiger partial charge in [-0.15, -0.1) is 0 Å². The lowest BCUT2D eigenvalue weighted by Crippen LogP contribution is -2.30. The van der Waals surface area contributed by atoms with Crippen molar-refractivity contribution in [3.8, 4) is 11.8 Å². The zero-order valence-electron chi connectivity index (χ0n) is 16.3. The first-order valence-corrected chi connectivity index (χ1v) is 10.4. The first-order chi connectivity index (χ1) is 13.6. The highest BCUT2D eigenvalue weighted by Gasteiger charge is 2.20. The molecule has 0 aliphatic carbocycles. The molecule has 0 fully saturated rings. The van der Waals surface area contributed by atoms with Crippen LogP contribution in [0.15, 0.2) is 71.9 Å². The summed E-state index contributed by atoms with van der Waals surface area (Å²) in [6, 6.07) is 14.3. The normalized spacial score (nSPS) is 11.7. The lowest BCUT2D eigenvalue weighted by atomic mass is 9.87. The number of ether oxygens (including phenoxy) is 1. The van der Waals surface area contributed by atoms with E-state index in [0.29, 0.717) is 5.75 Å². The Bertz CT molecular complexity index is 1090. The molecule has 2 aromatic carbocycles. The van der Waals surface area contributed by atoms with Crippen LogP contribution < -0.4 is 9.46 Å². The van der Waals surface area contributed by atoms with Crippen molar-refractivity contribution in [1.29, 1.82) is 0 Å².